The van der Waals surface area contributed by atoms with Crippen molar-refractivity contribution in [3.8, 4) is 5.75 Å². The van der Waals surface area contributed by atoms with Gasteiger partial charge in [-0.15, -0.1) is 0 Å². The van der Waals surface area contributed by atoms with Gasteiger partial charge in [0.1, 0.15) is 5.75 Å². The summed E-state index contributed by atoms with van der Waals surface area (Å²) >= 11 is 0. The molecule has 0 aliphatic heterocycles. The Morgan fingerprint density at radius 1 is 1.08 bits per heavy atom. The lowest BCUT2D eigenvalue weighted by Crippen LogP contribution is -2.30. The molecule has 2 rings (SSSR count). The van der Waals surface area contributed by atoms with Crippen LogP contribution in [-0.2, 0) is 9.53 Å². The zero-order valence-corrected chi connectivity index (χ0v) is 15.6. The van der Waals surface area contributed by atoms with Crippen LogP contribution in [-0.4, -0.2) is 25.1 Å². The Bertz CT molecular complexity index is 772. The van der Waals surface area contributed by atoms with Crippen LogP contribution in [0.4, 0.5) is 5.69 Å². The predicted molar refractivity (Wildman–Crippen MR) is 102 cm³/mol. The van der Waals surface area contributed by atoms with E-state index in [1.165, 1.54) is 7.11 Å². The third kappa shape index (κ3) is 4.85. The molecule has 1 N–H and O–H groups in total. The molecule has 2 aromatic rings. The van der Waals surface area contributed by atoms with Crippen LogP contribution in [0.2, 0.25) is 0 Å². The normalized spacial score (nSPS) is 12.8. The predicted octanol–water partition coefficient (Wildman–Crippen LogP) is 4.39. The van der Waals surface area contributed by atoms with Crippen molar-refractivity contribution in [2.75, 3.05) is 12.4 Å². The summed E-state index contributed by atoms with van der Waals surface area (Å²) in [6.45, 7) is 5.76. The van der Waals surface area contributed by atoms with Gasteiger partial charge in [0.2, 0.25) is 0 Å². The Labute approximate surface area is 154 Å². The van der Waals surface area contributed by atoms with E-state index >= 15 is 0 Å². The summed E-state index contributed by atoms with van der Waals surface area (Å²) in [5.74, 6) is -0.0565. The lowest BCUT2D eigenvalue weighted by Gasteiger charge is -2.18. The van der Waals surface area contributed by atoms with Crippen molar-refractivity contribution in [2.45, 2.75) is 39.2 Å². The molecule has 26 heavy (non-hydrogen) atoms. The van der Waals surface area contributed by atoms with E-state index in [2.05, 4.69) is 19.2 Å². The van der Waals surface area contributed by atoms with Crippen molar-refractivity contribution < 1.29 is 19.1 Å². The van der Waals surface area contributed by atoms with Crippen molar-refractivity contribution in [3.63, 3.8) is 0 Å². The van der Waals surface area contributed by atoms with Crippen LogP contribution in [0.15, 0.2) is 48.5 Å². The van der Waals surface area contributed by atoms with Crippen LogP contribution in [0.3, 0.4) is 0 Å². The molecule has 5 heteroatoms. The minimum Gasteiger partial charge on any atom is -0.497 e. The van der Waals surface area contributed by atoms with Crippen LogP contribution in [0.1, 0.15) is 49.0 Å². The van der Waals surface area contributed by atoms with E-state index in [0.29, 0.717) is 17.2 Å². The number of anilines is 1. The summed E-state index contributed by atoms with van der Waals surface area (Å²) in [6.07, 6.45) is 0.0477. The van der Waals surface area contributed by atoms with E-state index in [1.54, 1.807) is 31.2 Å². The average molecular weight is 355 g/mol. The first-order valence-corrected chi connectivity index (χ1v) is 8.71. The van der Waals surface area contributed by atoms with E-state index in [9.17, 15) is 9.59 Å². The molecule has 0 unspecified atom stereocenters. The van der Waals surface area contributed by atoms with Gasteiger partial charge in [-0.1, -0.05) is 38.1 Å². The molecular formula is C21H25NO4. The first-order chi connectivity index (χ1) is 12.5. The molecule has 2 aromatic carbocycles. The fourth-order valence-electron chi connectivity index (χ4n) is 2.53. The third-order valence-corrected chi connectivity index (χ3v) is 4.32. The van der Waals surface area contributed by atoms with Crippen LogP contribution in [0.25, 0.3) is 0 Å². The topological polar surface area (TPSA) is 64.6 Å². The van der Waals surface area contributed by atoms with Crippen molar-refractivity contribution >= 4 is 17.6 Å². The molecule has 5 nitrogen and oxygen atoms in total. The summed E-state index contributed by atoms with van der Waals surface area (Å²) in [5.41, 5.74) is 2.15. The molecule has 0 aliphatic carbocycles. The van der Waals surface area contributed by atoms with Crippen molar-refractivity contribution in [1.82, 2.24) is 0 Å². The van der Waals surface area contributed by atoms with Crippen LogP contribution in [0, 0.1) is 0 Å². The lowest BCUT2D eigenvalue weighted by molar-refractivity contribution is -0.123. The monoisotopic (exact) mass is 355 g/mol. The molecule has 0 aromatic heterocycles. The van der Waals surface area contributed by atoms with E-state index in [0.717, 1.165) is 17.7 Å². The van der Waals surface area contributed by atoms with Gasteiger partial charge in [0.05, 0.1) is 12.7 Å². The van der Waals surface area contributed by atoms with Crippen LogP contribution in [0.5, 0.6) is 5.75 Å². The number of rotatable bonds is 7. The van der Waals surface area contributed by atoms with E-state index in [4.69, 9.17) is 9.47 Å². The lowest BCUT2D eigenvalue weighted by atomic mass is 9.97. The Hall–Kier alpha value is -2.82. The summed E-state index contributed by atoms with van der Waals surface area (Å²) in [5, 5.41) is 2.86. The molecule has 1 amide bonds. The number of para-hydroxylation sites is 1. The van der Waals surface area contributed by atoms with Gasteiger partial charge in [-0.2, -0.15) is 0 Å². The molecule has 0 radical (unpaired) electrons. The Kier molecular flexibility index (Phi) is 6.78. The number of ether oxygens (including phenoxy) is 2. The Morgan fingerprint density at radius 2 is 1.81 bits per heavy atom. The highest BCUT2D eigenvalue weighted by Gasteiger charge is 2.20. The van der Waals surface area contributed by atoms with Gasteiger partial charge in [0.25, 0.3) is 5.91 Å². The number of benzene rings is 2. The maximum absolute atomic E-state index is 12.5. The maximum Gasteiger partial charge on any atom is 0.339 e. The van der Waals surface area contributed by atoms with Crippen LogP contribution >= 0.6 is 0 Å². The summed E-state index contributed by atoms with van der Waals surface area (Å²) in [4.78, 5) is 24.7. The minimum atomic E-state index is -0.918. The van der Waals surface area contributed by atoms with E-state index in [-0.39, 0.29) is 5.91 Å². The highest BCUT2D eigenvalue weighted by molar-refractivity contribution is 5.97. The summed E-state index contributed by atoms with van der Waals surface area (Å²) in [7, 11) is 1.52. The second-order valence-electron chi connectivity index (χ2n) is 6.17. The van der Waals surface area contributed by atoms with E-state index in [1.807, 2.05) is 24.3 Å². The largest absolute Gasteiger partial charge is 0.497 e. The number of hydrogen-bond acceptors (Lipinski definition) is 4. The van der Waals surface area contributed by atoms with Gasteiger partial charge in [-0.3, -0.25) is 4.79 Å². The number of hydrogen-bond donors (Lipinski definition) is 1. The average Bonchev–Trinajstić information content (AvgIpc) is 2.67. The molecule has 0 fully saturated rings. The molecule has 138 valence electrons. The van der Waals surface area contributed by atoms with Gasteiger partial charge >= 0.3 is 5.97 Å². The Morgan fingerprint density at radius 3 is 2.50 bits per heavy atom. The molecular weight excluding hydrogens is 330 g/mol. The van der Waals surface area contributed by atoms with Gasteiger partial charge in [0.15, 0.2) is 6.10 Å². The second kappa shape index (κ2) is 9.04. The van der Waals surface area contributed by atoms with Crippen molar-refractivity contribution in [1.29, 1.82) is 0 Å². The first kappa shape index (κ1) is 19.5. The molecule has 0 saturated heterocycles. The van der Waals surface area contributed by atoms with Crippen molar-refractivity contribution in [3.05, 3.63) is 59.7 Å². The zero-order valence-electron chi connectivity index (χ0n) is 15.6. The molecule has 2 atom stereocenters. The van der Waals surface area contributed by atoms with Crippen LogP contribution < -0.4 is 10.1 Å². The first-order valence-electron chi connectivity index (χ1n) is 8.71. The smallest absolute Gasteiger partial charge is 0.339 e. The highest BCUT2D eigenvalue weighted by Crippen LogP contribution is 2.26. The van der Waals surface area contributed by atoms with Crippen molar-refractivity contribution in [2.24, 2.45) is 0 Å². The second-order valence-corrected chi connectivity index (χ2v) is 6.17. The third-order valence-electron chi connectivity index (χ3n) is 4.32. The molecule has 0 bridgehead atoms. The Balaban J connectivity index is 2.05. The zero-order chi connectivity index (χ0) is 19.1. The maximum atomic E-state index is 12.5. The number of carbonyl (C=O) groups is 2. The summed E-state index contributed by atoms with van der Waals surface area (Å²) in [6, 6.07) is 14.3. The molecule has 0 heterocycles. The highest BCUT2D eigenvalue weighted by atomic mass is 16.5. The fourth-order valence-corrected chi connectivity index (χ4v) is 2.53. The standard InChI is InChI=1S/C21H25NO4/c1-5-14(2)18-11-6-7-12-19(18)22-20(23)15(3)26-21(24)16-9-8-10-17(13-16)25-4/h6-15H,5H2,1-4H3,(H,22,23)/t14-,15+/m0/s1. The fraction of sp³-hybridized carbons (Fsp3) is 0.333. The number of carbonyl (C=O) groups excluding carboxylic acids is 2. The van der Waals surface area contributed by atoms with Gasteiger partial charge in [0, 0.05) is 5.69 Å². The number of amides is 1. The number of methoxy groups -OCH3 is 1. The quantitative estimate of drug-likeness (QED) is 0.748. The van der Waals surface area contributed by atoms with Gasteiger partial charge in [-0.05, 0) is 49.1 Å². The summed E-state index contributed by atoms with van der Waals surface area (Å²) < 4.78 is 10.4. The van der Waals surface area contributed by atoms with Gasteiger partial charge < -0.3 is 14.8 Å². The molecule has 0 saturated carbocycles. The minimum absolute atomic E-state index is 0.321. The van der Waals surface area contributed by atoms with E-state index < -0.39 is 12.1 Å². The number of esters is 1. The molecule has 0 spiro atoms. The SMILES string of the molecule is CC[C@H](C)c1ccccc1NC(=O)[C@@H](C)OC(=O)c1cccc(OC)c1. The molecule has 0 aliphatic rings. The van der Waals surface area contributed by atoms with Gasteiger partial charge in [-0.25, -0.2) is 4.79 Å². The number of nitrogens with one attached hydrogen (secondary N) is 1.